The van der Waals surface area contributed by atoms with Crippen molar-refractivity contribution in [2.45, 2.75) is 105 Å². The Morgan fingerprint density at radius 1 is 0.897 bits per heavy atom. The van der Waals surface area contributed by atoms with Gasteiger partial charge >= 0.3 is 0 Å². The number of carbonyl (C=O) groups excluding carboxylic acids is 1. The molecule has 0 bridgehead atoms. The van der Waals surface area contributed by atoms with E-state index in [9.17, 15) is 4.79 Å². The molecule has 5 aliphatic carbocycles. The first-order valence-corrected chi connectivity index (χ1v) is 12.7. The average Bonchev–Trinajstić information content (AvgIpc) is 3.01. The molecule has 0 spiro atoms. The molecule has 0 N–H and O–H groups in total. The second kappa shape index (κ2) is 6.23. The SMILES string of the molecule is C=C(C)[C@H]1CC[C@@]2(C)CC[C@]3(C)[C@@H](CC[C@@H]4[C@]5(C)CCC(=O)C[C@@H]5CC[C@@]43C)[C@H]12. The highest BCUT2D eigenvalue weighted by Crippen LogP contribution is 2.76. The van der Waals surface area contributed by atoms with Crippen LogP contribution in [0.5, 0.6) is 0 Å². The molecule has 5 fully saturated rings. The molecular formula is C28H44O. The van der Waals surface area contributed by atoms with Crippen molar-refractivity contribution < 1.29 is 4.79 Å². The number of hydrogen-bond donors (Lipinski definition) is 0. The van der Waals surface area contributed by atoms with Gasteiger partial charge in [-0.1, -0.05) is 39.8 Å². The lowest BCUT2D eigenvalue weighted by molar-refractivity contribution is -0.220. The first-order valence-electron chi connectivity index (χ1n) is 12.7. The normalized spacial score (nSPS) is 56.7. The highest BCUT2D eigenvalue weighted by atomic mass is 16.1. The fourth-order valence-electron chi connectivity index (χ4n) is 10.4. The summed E-state index contributed by atoms with van der Waals surface area (Å²) in [6.45, 7) is 17.4. The molecule has 29 heavy (non-hydrogen) atoms. The lowest BCUT2D eigenvalue weighted by atomic mass is 9.33. The number of allylic oxidation sites excluding steroid dienone is 1. The van der Waals surface area contributed by atoms with Gasteiger partial charge in [0.25, 0.3) is 0 Å². The third kappa shape index (κ3) is 2.48. The summed E-state index contributed by atoms with van der Waals surface area (Å²) in [4.78, 5) is 12.2. The molecule has 0 radical (unpaired) electrons. The Morgan fingerprint density at radius 3 is 2.38 bits per heavy atom. The van der Waals surface area contributed by atoms with E-state index in [1.807, 2.05) is 0 Å². The number of ketones is 1. The Morgan fingerprint density at radius 2 is 1.66 bits per heavy atom. The van der Waals surface area contributed by atoms with E-state index in [1.54, 1.807) is 0 Å². The van der Waals surface area contributed by atoms with E-state index in [1.165, 1.54) is 56.9 Å². The molecule has 0 unspecified atom stereocenters. The molecule has 0 saturated heterocycles. The van der Waals surface area contributed by atoms with Gasteiger partial charge in [0, 0.05) is 12.8 Å². The van der Waals surface area contributed by atoms with Crippen LogP contribution in [0.4, 0.5) is 0 Å². The van der Waals surface area contributed by atoms with Gasteiger partial charge in [-0.15, -0.1) is 0 Å². The van der Waals surface area contributed by atoms with Crippen LogP contribution >= 0.6 is 0 Å². The number of hydrogen-bond acceptors (Lipinski definition) is 1. The standard InChI is InChI=1S/C28H44O/c1-18(2)21-11-12-25(3)15-16-27(5)22(24(21)25)7-8-23-26(4)13-10-20(29)17-19(26)9-14-28(23,27)6/h19,21-24H,1,7-17H2,2-6H3/t19-,21+,22-,23+,24-,25-,26+,27+,28-/m0/s1. The Labute approximate surface area is 179 Å². The van der Waals surface area contributed by atoms with Gasteiger partial charge in [-0.3, -0.25) is 4.79 Å². The first kappa shape index (κ1) is 20.3. The van der Waals surface area contributed by atoms with E-state index in [4.69, 9.17) is 0 Å². The second-order valence-corrected chi connectivity index (χ2v) is 13.2. The fraction of sp³-hybridized carbons (Fsp3) is 0.893. The van der Waals surface area contributed by atoms with Crippen molar-refractivity contribution in [3.8, 4) is 0 Å². The maximum Gasteiger partial charge on any atom is 0.133 e. The van der Waals surface area contributed by atoms with Crippen LogP contribution < -0.4 is 0 Å². The monoisotopic (exact) mass is 396 g/mol. The molecule has 5 aliphatic rings. The molecule has 0 amide bonds. The summed E-state index contributed by atoms with van der Waals surface area (Å²) in [7, 11) is 0. The quantitative estimate of drug-likeness (QED) is 0.417. The topological polar surface area (TPSA) is 17.1 Å². The van der Waals surface area contributed by atoms with E-state index < -0.39 is 0 Å². The van der Waals surface area contributed by atoms with Gasteiger partial charge in [-0.25, -0.2) is 0 Å². The predicted octanol–water partition coefficient (Wildman–Crippen LogP) is 7.60. The molecule has 0 aromatic rings. The Balaban J connectivity index is 1.54. The van der Waals surface area contributed by atoms with Crippen molar-refractivity contribution in [1.29, 1.82) is 0 Å². The summed E-state index contributed by atoms with van der Waals surface area (Å²) >= 11 is 0. The van der Waals surface area contributed by atoms with Gasteiger partial charge in [-0.05, 0) is 116 Å². The van der Waals surface area contributed by atoms with Gasteiger partial charge in [0.05, 0.1) is 0 Å². The van der Waals surface area contributed by atoms with Crippen LogP contribution in [0.25, 0.3) is 0 Å². The van der Waals surface area contributed by atoms with E-state index in [0.717, 1.165) is 42.9 Å². The largest absolute Gasteiger partial charge is 0.300 e. The molecule has 0 heterocycles. The second-order valence-electron chi connectivity index (χ2n) is 13.2. The van der Waals surface area contributed by atoms with Crippen LogP contribution in [-0.2, 0) is 4.79 Å². The van der Waals surface area contributed by atoms with Gasteiger partial charge in [0.1, 0.15) is 5.78 Å². The minimum atomic E-state index is 0.402. The fourth-order valence-corrected chi connectivity index (χ4v) is 10.4. The van der Waals surface area contributed by atoms with E-state index in [-0.39, 0.29) is 0 Å². The lowest BCUT2D eigenvalue weighted by Crippen LogP contribution is -2.64. The average molecular weight is 397 g/mol. The molecule has 9 atom stereocenters. The molecule has 5 saturated carbocycles. The van der Waals surface area contributed by atoms with E-state index in [2.05, 4.69) is 41.2 Å². The molecule has 0 aromatic heterocycles. The third-order valence-electron chi connectivity index (χ3n) is 12.4. The Kier molecular flexibility index (Phi) is 4.36. The summed E-state index contributed by atoms with van der Waals surface area (Å²) in [5.74, 6) is 4.50. The number of carbonyl (C=O) groups is 1. The third-order valence-corrected chi connectivity index (χ3v) is 12.4. The number of fused-ring (bicyclic) bond motifs is 7. The minimum Gasteiger partial charge on any atom is -0.300 e. The molecule has 162 valence electrons. The van der Waals surface area contributed by atoms with Crippen LogP contribution in [0.3, 0.4) is 0 Å². The Bertz CT molecular complexity index is 737. The van der Waals surface area contributed by atoms with Gasteiger partial charge in [0.15, 0.2) is 0 Å². The number of Topliss-reactive ketones (excluding diaryl/α,β-unsaturated/α-hetero) is 1. The van der Waals surface area contributed by atoms with Crippen LogP contribution in [0.1, 0.15) is 105 Å². The van der Waals surface area contributed by atoms with Gasteiger partial charge in [-0.2, -0.15) is 0 Å². The first-order chi connectivity index (χ1) is 13.6. The molecule has 0 aromatic carbocycles. The highest BCUT2D eigenvalue weighted by molar-refractivity contribution is 5.79. The van der Waals surface area contributed by atoms with E-state index >= 15 is 0 Å². The zero-order valence-electron chi connectivity index (χ0n) is 19.8. The van der Waals surface area contributed by atoms with Gasteiger partial charge < -0.3 is 0 Å². The molecule has 0 aliphatic heterocycles. The molecular weight excluding hydrogens is 352 g/mol. The zero-order chi connectivity index (χ0) is 20.8. The van der Waals surface area contributed by atoms with Crippen molar-refractivity contribution in [3.63, 3.8) is 0 Å². The molecule has 5 rings (SSSR count). The van der Waals surface area contributed by atoms with Crippen LogP contribution in [0.2, 0.25) is 0 Å². The minimum absolute atomic E-state index is 0.402. The predicted molar refractivity (Wildman–Crippen MR) is 120 cm³/mol. The lowest BCUT2D eigenvalue weighted by Gasteiger charge is -2.71. The summed E-state index contributed by atoms with van der Waals surface area (Å²) in [5, 5.41) is 0. The van der Waals surface area contributed by atoms with Crippen LogP contribution in [-0.4, -0.2) is 5.78 Å². The van der Waals surface area contributed by atoms with Crippen molar-refractivity contribution in [2.24, 2.45) is 51.2 Å². The summed E-state index contributed by atoms with van der Waals surface area (Å²) < 4.78 is 0. The molecule has 1 heteroatoms. The smallest absolute Gasteiger partial charge is 0.133 e. The van der Waals surface area contributed by atoms with Crippen molar-refractivity contribution >= 4 is 5.78 Å². The van der Waals surface area contributed by atoms with Crippen molar-refractivity contribution in [3.05, 3.63) is 12.2 Å². The maximum absolute atomic E-state index is 12.2. The van der Waals surface area contributed by atoms with E-state index in [0.29, 0.717) is 33.4 Å². The molecule has 1 nitrogen and oxygen atoms in total. The van der Waals surface area contributed by atoms with Gasteiger partial charge in [0.2, 0.25) is 0 Å². The summed E-state index contributed by atoms with van der Waals surface area (Å²) in [6, 6.07) is 0. The maximum atomic E-state index is 12.2. The zero-order valence-corrected chi connectivity index (χ0v) is 19.8. The number of rotatable bonds is 1. The van der Waals surface area contributed by atoms with Crippen molar-refractivity contribution in [2.75, 3.05) is 0 Å². The van der Waals surface area contributed by atoms with Crippen LogP contribution in [0.15, 0.2) is 12.2 Å². The highest BCUT2D eigenvalue weighted by Gasteiger charge is 2.68. The summed E-state index contributed by atoms with van der Waals surface area (Å²) in [6.07, 6.45) is 14.0. The van der Waals surface area contributed by atoms with Crippen LogP contribution in [0, 0.1) is 51.2 Å². The Hall–Kier alpha value is -0.590. The van der Waals surface area contributed by atoms with Crippen molar-refractivity contribution in [1.82, 2.24) is 0 Å². The summed E-state index contributed by atoms with van der Waals surface area (Å²) in [5.41, 5.74) is 3.32.